The van der Waals surface area contributed by atoms with E-state index in [2.05, 4.69) is 197 Å². The van der Waals surface area contributed by atoms with E-state index < -0.39 is 0 Å². The molecule has 9 aromatic carbocycles. The third kappa shape index (κ3) is 4.50. The first-order valence-electron chi connectivity index (χ1n) is 18.8. The SMILES string of the molecule is c1ccc(-c2cccc(-n3c4ccc(-c5ccc6c(c5)c5ccccc5n6-c5ccc6ccccc6c5)cc4c4c5oc6ccccc6c5ccc43)c2)cc1. The van der Waals surface area contributed by atoms with Gasteiger partial charge in [-0.05, 0) is 106 Å². The van der Waals surface area contributed by atoms with Gasteiger partial charge in [0.1, 0.15) is 11.2 Å². The zero-order valence-corrected chi connectivity index (χ0v) is 29.8. The van der Waals surface area contributed by atoms with Crippen molar-refractivity contribution >= 4 is 76.3 Å². The predicted octanol–water partition coefficient (Wildman–Crippen LogP) is 14.3. The number of fused-ring (bicyclic) bond motifs is 11. The maximum absolute atomic E-state index is 6.72. The van der Waals surface area contributed by atoms with Crippen LogP contribution in [0.15, 0.2) is 199 Å². The summed E-state index contributed by atoms with van der Waals surface area (Å²) < 4.78 is 11.5. The quantitative estimate of drug-likeness (QED) is 0.179. The molecule has 3 nitrogen and oxygen atoms in total. The summed E-state index contributed by atoms with van der Waals surface area (Å²) in [6.07, 6.45) is 0. The van der Waals surface area contributed by atoms with Crippen molar-refractivity contribution in [3.8, 4) is 33.6 Å². The summed E-state index contributed by atoms with van der Waals surface area (Å²) >= 11 is 0. The fourth-order valence-electron chi connectivity index (χ4n) is 8.95. The first-order chi connectivity index (χ1) is 27.3. The summed E-state index contributed by atoms with van der Waals surface area (Å²) in [5.74, 6) is 0. The van der Waals surface area contributed by atoms with E-state index in [1.807, 2.05) is 6.07 Å². The second-order valence-corrected chi connectivity index (χ2v) is 14.5. The van der Waals surface area contributed by atoms with Gasteiger partial charge in [-0.3, -0.25) is 0 Å². The fourth-order valence-corrected chi connectivity index (χ4v) is 8.95. The standard InChI is InChI=1S/C52H32N2O/c1-2-11-33(12-3-1)36-15-10-16-39(29-36)54-48-27-23-38(32-45(48)51-49(54)28-25-43-42-18-7-9-20-50(42)55-52(43)51)37-22-26-47-44(31-37)41-17-6-8-19-46(41)53(47)40-24-21-34-13-4-5-14-35(34)30-40/h1-32H. The molecule has 0 atom stereocenters. The molecule has 0 aliphatic carbocycles. The lowest BCUT2D eigenvalue weighted by Gasteiger charge is -2.11. The Labute approximate surface area is 316 Å². The molecule has 3 heteroatoms. The van der Waals surface area contributed by atoms with Crippen LogP contribution >= 0.6 is 0 Å². The van der Waals surface area contributed by atoms with Crippen molar-refractivity contribution in [1.82, 2.24) is 9.13 Å². The van der Waals surface area contributed by atoms with Crippen molar-refractivity contribution in [2.75, 3.05) is 0 Å². The van der Waals surface area contributed by atoms with E-state index in [9.17, 15) is 0 Å². The van der Waals surface area contributed by atoms with E-state index >= 15 is 0 Å². The van der Waals surface area contributed by atoms with Crippen LogP contribution in [0.1, 0.15) is 0 Å². The number of hydrogen-bond acceptors (Lipinski definition) is 1. The highest BCUT2D eigenvalue weighted by molar-refractivity contribution is 6.24. The molecule has 0 unspecified atom stereocenters. The third-order valence-corrected chi connectivity index (χ3v) is 11.5. The Balaban J connectivity index is 1.09. The molecule has 0 saturated carbocycles. The third-order valence-electron chi connectivity index (χ3n) is 11.5. The fraction of sp³-hybridized carbons (Fsp3) is 0. The number of para-hydroxylation sites is 2. The van der Waals surface area contributed by atoms with Crippen LogP contribution in [0.2, 0.25) is 0 Å². The number of furan rings is 1. The highest BCUT2D eigenvalue weighted by Crippen LogP contribution is 2.43. The summed E-state index contributed by atoms with van der Waals surface area (Å²) in [6, 6.07) is 70.3. The van der Waals surface area contributed by atoms with Crippen LogP contribution in [0.4, 0.5) is 0 Å². The number of hydrogen-bond donors (Lipinski definition) is 0. The number of benzene rings is 9. The minimum absolute atomic E-state index is 0.904. The van der Waals surface area contributed by atoms with Gasteiger partial charge in [-0.25, -0.2) is 0 Å². The lowest BCUT2D eigenvalue weighted by molar-refractivity contribution is 0.673. The van der Waals surface area contributed by atoms with E-state index in [-0.39, 0.29) is 0 Å². The van der Waals surface area contributed by atoms with Crippen LogP contribution in [0.5, 0.6) is 0 Å². The smallest absolute Gasteiger partial charge is 0.145 e. The van der Waals surface area contributed by atoms with E-state index in [1.165, 1.54) is 60.2 Å². The summed E-state index contributed by atoms with van der Waals surface area (Å²) in [6.45, 7) is 0. The van der Waals surface area contributed by atoms with Gasteiger partial charge in [0.25, 0.3) is 0 Å². The van der Waals surface area contributed by atoms with E-state index in [0.29, 0.717) is 0 Å². The Bertz CT molecular complexity index is 3490. The van der Waals surface area contributed by atoms with Crippen molar-refractivity contribution < 1.29 is 4.42 Å². The molecule has 0 aliphatic rings. The van der Waals surface area contributed by atoms with E-state index in [4.69, 9.17) is 4.42 Å². The molecule has 3 aromatic heterocycles. The summed E-state index contributed by atoms with van der Waals surface area (Å²) in [4.78, 5) is 0. The van der Waals surface area contributed by atoms with Gasteiger partial charge in [-0.1, -0.05) is 121 Å². The van der Waals surface area contributed by atoms with E-state index in [1.54, 1.807) is 0 Å². The molecular weight excluding hydrogens is 669 g/mol. The van der Waals surface area contributed by atoms with E-state index in [0.717, 1.165) is 49.7 Å². The molecule has 55 heavy (non-hydrogen) atoms. The second kappa shape index (κ2) is 11.6. The molecular formula is C52H32N2O. The molecule has 0 radical (unpaired) electrons. The highest BCUT2D eigenvalue weighted by atomic mass is 16.3. The Morgan fingerprint density at radius 3 is 1.80 bits per heavy atom. The maximum atomic E-state index is 6.72. The monoisotopic (exact) mass is 700 g/mol. The molecule has 3 heterocycles. The molecule has 0 fully saturated rings. The Kier molecular flexibility index (Phi) is 6.34. The maximum Gasteiger partial charge on any atom is 0.145 e. The highest BCUT2D eigenvalue weighted by Gasteiger charge is 2.20. The molecule has 0 N–H and O–H groups in total. The number of nitrogens with zero attached hydrogens (tertiary/aromatic N) is 2. The Morgan fingerprint density at radius 1 is 0.309 bits per heavy atom. The zero-order valence-electron chi connectivity index (χ0n) is 29.8. The molecule has 256 valence electrons. The van der Waals surface area contributed by atoms with Gasteiger partial charge in [0, 0.05) is 38.3 Å². The molecule has 0 amide bonds. The van der Waals surface area contributed by atoms with Gasteiger partial charge in [-0.2, -0.15) is 0 Å². The van der Waals surface area contributed by atoms with Crippen molar-refractivity contribution in [1.29, 1.82) is 0 Å². The topological polar surface area (TPSA) is 23.0 Å². The largest absolute Gasteiger partial charge is 0.455 e. The van der Waals surface area contributed by atoms with Gasteiger partial charge < -0.3 is 13.6 Å². The Hall–Kier alpha value is -7.36. The normalized spacial score (nSPS) is 12.0. The summed E-state index contributed by atoms with van der Waals surface area (Å²) in [5, 5.41) is 9.53. The first kappa shape index (κ1) is 30.1. The van der Waals surface area contributed by atoms with Crippen LogP contribution in [0, 0.1) is 0 Å². The molecule has 0 bridgehead atoms. The van der Waals surface area contributed by atoms with Crippen LogP contribution in [0.25, 0.3) is 110 Å². The van der Waals surface area contributed by atoms with Gasteiger partial charge in [0.2, 0.25) is 0 Å². The molecule has 0 saturated heterocycles. The van der Waals surface area contributed by atoms with Crippen molar-refractivity contribution in [2.45, 2.75) is 0 Å². The molecule has 12 aromatic rings. The summed E-state index contributed by atoms with van der Waals surface area (Å²) in [7, 11) is 0. The van der Waals surface area contributed by atoms with Crippen molar-refractivity contribution in [3.05, 3.63) is 194 Å². The Morgan fingerprint density at radius 2 is 0.927 bits per heavy atom. The average Bonchev–Trinajstić information content (AvgIpc) is 3.91. The minimum atomic E-state index is 0.904. The van der Waals surface area contributed by atoms with Gasteiger partial charge >= 0.3 is 0 Å². The van der Waals surface area contributed by atoms with Gasteiger partial charge in [0.15, 0.2) is 0 Å². The first-order valence-corrected chi connectivity index (χ1v) is 18.8. The van der Waals surface area contributed by atoms with Crippen LogP contribution in [-0.2, 0) is 0 Å². The van der Waals surface area contributed by atoms with Crippen molar-refractivity contribution in [2.24, 2.45) is 0 Å². The second-order valence-electron chi connectivity index (χ2n) is 14.5. The lowest BCUT2D eigenvalue weighted by atomic mass is 10.00. The predicted molar refractivity (Wildman–Crippen MR) is 231 cm³/mol. The molecule has 0 spiro atoms. The molecule has 0 aliphatic heterocycles. The lowest BCUT2D eigenvalue weighted by Crippen LogP contribution is -1.94. The van der Waals surface area contributed by atoms with Crippen LogP contribution in [0.3, 0.4) is 0 Å². The molecule has 12 rings (SSSR count). The van der Waals surface area contributed by atoms with Crippen molar-refractivity contribution in [3.63, 3.8) is 0 Å². The van der Waals surface area contributed by atoms with Gasteiger partial charge in [-0.15, -0.1) is 0 Å². The average molecular weight is 701 g/mol. The minimum Gasteiger partial charge on any atom is -0.455 e. The zero-order chi connectivity index (χ0) is 36.0. The van der Waals surface area contributed by atoms with Crippen LogP contribution < -0.4 is 0 Å². The number of aromatic nitrogens is 2. The van der Waals surface area contributed by atoms with Gasteiger partial charge in [0.05, 0.1) is 27.5 Å². The number of rotatable bonds is 4. The summed E-state index contributed by atoms with van der Waals surface area (Å²) in [5.41, 5.74) is 13.5. The van der Waals surface area contributed by atoms with Crippen LogP contribution in [-0.4, -0.2) is 9.13 Å².